The molecule has 0 aromatic heterocycles. The van der Waals surface area contributed by atoms with Crippen LogP contribution in [0.5, 0.6) is 0 Å². The molecule has 4 atom stereocenters. The first-order valence-electron chi connectivity index (χ1n) is 10.6. The number of benzene rings is 1. The van der Waals surface area contributed by atoms with Crippen LogP contribution in [0.25, 0.3) is 6.08 Å². The average molecular weight is 395 g/mol. The van der Waals surface area contributed by atoms with E-state index in [-0.39, 0.29) is 23.6 Å². The number of carbonyl (C=O) groups is 3. The first-order valence-corrected chi connectivity index (χ1v) is 10.6. The first-order chi connectivity index (χ1) is 13.7. The van der Waals surface area contributed by atoms with E-state index >= 15 is 0 Å². The Kier molecular flexibility index (Phi) is 4.67. The second-order valence-electron chi connectivity index (χ2n) is 9.61. The van der Waals surface area contributed by atoms with Crippen molar-refractivity contribution in [3.63, 3.8) is 0 Å². The van der Waals surface area contributed by atoms with Gasteiger partial charge < -0.3 is 4.90 Å². The van der Waals surface area contributed by atoms with E-state index in [4.69, 9.17) is 0 Å². The molecule has 2 amide bonds. The van der Waals surface area contributed by atoms with Crippen LogP contribution in [0.15, 0.2) is 24.3 Å². The Morgan fingerprint density at radius 3 is 2.45 bits per heavy atom. The van der Waals surface area contributed by atoms with Crippen LogP contribution in [-0.4, -0.2) is 41.1 Å². The van der Waals surface area contributed by atoms with Crippen molar-refractivity contribution < 1.29 is 14.4 Å². The Morgan fingerprint density at radius 2 is 1.79 bits per heavy atom. The summed E-state index contributed by atoms with van der Waals surface area (Å²) >= 11 is 0. The standard InChI is InChI=1S/C24H30N2O3/c1-6-7-12-25-22(28)18-17-11-9-15-13-14(2)8-10-16(15)26(17)20(19(18)23(25)29)21(27)24(3,4)5/h8-11,13,17-20H,6-7,12H2,1-5H3/t17-,18-,19-,20+/m1/s1. The van der Waals surface area contributed by atoms with Crippen LogP contribution >= 0.6 is 0 Å². The molecule has 1 aromatic rings. The van der Waals surface area contributed by atoms with Crippen LogP contribution in [0.1, 0.15) is 51.7 Å². The number of Topliss-reactive ketones (excluding diaryl/α,β-unsaturated/α-hetero) is 1. The molecule has 0 spiro atoms. The molecule has 0 saturated carbocycles. The molecular formula is C24H30N2O3. The van der Waals surface area contributed by atoms with Gasteiger partial charge in [0.25, 0.3) is 0 Å². The average Bonchev–Trinajstić information content (AvgIpc) is 3.12. The monoisotopic (exact) mass is 394 g/mol. The maximum atomic E-state index is 13.6. The summed E-state index contributed by atoms with van der Waals surface area (Å²) in [4.78, 5) is 43.7. The Bertz CT molecular complexity index is 911. The number of carbonyl (C=O) groups excluding carboxylic acids is 3. The van der Waals surface area contributed by atoms with E-state index in [9.17, 15) is 14.4 Å². The van der Waals surface area contributed by atoms with Gasteiger partial charge in [0.2, 0.25) is 11.8 Å². The smallest absolute Gasteiger partial charge is 0.235 e. The topological polar surface area (TPSA) is 57.7 Å². The molecule has 0 unspecified atom stereocenters. The highest BCUT2D eigenvalue weighted by atomic mass is 16.2. The minimum absolute atomic E-state index is 0.0234. The lowest BCUT2D eigenvalue weighted by atomic mass is 9.79. The number of aryl methyl sites for hydroxylation is 1. The summed E-state index contributed by atoms with van der Waals surface area (Å²) in [6, 6.07) is 5.27. The van der Waals surface area contributed by atoms with E-state index in [0.29, 0.717) is 6.54 Å². The molecule has 154 valence electrons. The molecule has 3 aliphatic rings. The molecule has 2 saturated heterocycles. The van der Waals surface area contributed by atoms with Crippen LogP contribution in [-0.2, 0) is 14.4 Å². The van der Waals surface area contributed by atoms with E-state index in [0.717, 1.165) is 29.7 Å². The first kappa shape index (κ1) is 19.9. The summed E-state index contributed by atoms with van der Waals surface area (Å²) < 4.78 is 0. The fourth-order valence-electron chi connectivity index (χ4n) is 5.03. The third-order valence-electron chi connectivity index (χ3n) is 6.50. The molecule has 1 aromatic carbocycles. The summed E-state index contributed by atoms with van der Waals surface area (Å²) in [5.41, 5.74) is 2.52. The molecule has 5 nitrogen and oxygen atoms in total. The van der Waals surface area contributed by atoms with Gasteiger partial charge in [0, 0.05) is 17.6 Å². The van der Waals surface area contributed by atoms with Crippen LogP contribution in [0.2, 0.25) is 0 Å². The largest absolute Gasteiger partial charge is 0.353 e. The highest BCUT2D eigenvalue weighted by molar-refractivity contribution is 6.11. The van der Waals surface area contributed by atoms with Crippen molar-refractivity contribution >= 4 is 29.4 Å². The van der Waals surface area contributed by atoms with Crippen molar-refractivity contribution in [1.29, 1.82) is 0 Å². The maximum absolute atomic E-state index is 13.6. The molecule has 5 heteroatoms. The predicted molar refractivity (Wildman–Crippen MR) is 113 cm³/mol. The van der Waals surface area contributed by atoms with Crippen molar-refractivity contribution in [1.82, 2.24) is 4.90 Å². The number of ketones is 1. The van der Waals surface area contributed by atoms with Gasteiger partial charge in [-0.2, -0.15) is 0 Å². The van der Waals surface area contributed by atoms with E-state index in [2.05, 4.69) is 11.0 Å². The number of imide groups is 1. The van der Waals surface area contributed by atoms with Gasteiger partial charge in [0.05, 0.1) is 17.9 Å². The second-order valence-corrected chi connectivity index (χ2v) is 9.61. The lowest BCUT2D eigenvalue weighted by Gasteiger charge is -2.38. The third-order valence-corrected chi connectivity index (χ3v) is 6.50. The number of hydrogen-bond donors (Lipinski definition) is 0. The molecule has 0 radical (unpaired) electrons. The zero-order valence-electron chi connectivity index (χ0n) is 17.9. The van der Waals surface area contributed by atoms with Gasteiger partial charge in [0.15, 0.2) is 5.78 Å². The van der Waals surface area contributed by atoms with Crippen molar-refractivity contribution in [2.75, 3.05) is 11.4 Å². The molecular weight excluding hydrogens is 364 g/mol. The van der Waals surface area contributed by atoms with Gasteiger partial charge in [-0.3, -0.25) is 19.3 Å². The van der Waals surface area contributed by atoms with Gasteiger partial charge in [-0.25, -0.2) is 0 Å². The summed E-state index contributed by atoms with van der Waals surface area (Å²) in [5.74, 6) is -1.36. The lowest BCUT2D eigenvalue weighted by Crippen LogP contribution is -2.51. The van der Waals surface area contributed by atoms with E-state index in [1.807, 2.05) is 58.9 Å². The van der Waals surface area contributed by atoms with Crippen molar-refractivity contribution in [2.24, 2.45) is 17.3 Å². The number of hydrogen-bond acceptors (Lipinski definition) is 4. The SMILES string of the molecule is CCCCN1C(=O)[C@@H]2[C@H](C1=O)[C@H]1C=Cc3cc(C)ccc3N1[C@@H]2C(=O)C(C)(C)C. The Labute approximate surface area is 172 Å². The number of anilines is 1. The summed E-state index contributed by atoms with van der Waals surface area (Å²) in [7, 11) is 0. The van der Waals surface area contributed by atoms with Gasteiger partial charge in [-0.05, 0) is 31.0 Å². The maximum Gasteiger partial charge on any atom is 0.235 e. The molecule has 0 aliphatic carbocycles. The van der Waals surface area contributed by atoms with E-state index in [1.54, 1.807) is 0 Å². The molecule has 0 N–H and O–H groups in total. The zero-order valence-corrected chi connectivity index (χ0v) is 17.9. The van der Waals surface area contributed by atoms with Crippen molar-refractivity contribution in [3.8, 4) is 0 Å². The van der Waals surface area contributed by atoms with Gasteiger partial charge in [-0.1, -0.05) is 57.9 Å². The quantitative estimate of drug-likeness (QED) is 0.732. The lowest BCUT2D eigenvalue weighted by molar-refractivity contribution is -0.142. The second kappa shape index (κ2) is 6.82. The van der Waals surface area contributed by atoms with Gasteiger partial charge in [-0.15, -0.1) is 0 Å². The number of fused-ring (bicyclic) bond motifs is 5. The van der Waals surface area contributed by atoms with Crippen LogP contribution in [0.3, 0.4) is 0 Å². The number of rotatable bonds is 4. The predicted octanol–water partition coefficient (Wildman–Crippen LogP) is 3.60. The van der Waals surface area contributed by atoms with E-state index < -0.39 is 23.3 Å². The highest BCUT2D eigenvalue weighted by Gasteiger charge is 2.64. The molecule has 29 heavy (non-hydrogen) atoms. The summed E-state index contributed by atoms with van der Waals surface area (Å²) in [5, 5.41) is 0. The molecule has 3 heterocycles. The molecule has 4 rings (SSSR count). The van der Waals surface area contributed by atoms with Crippen LogP contribution < -0.4 is 4.90 Å². The van der Waals surface area contributed by atoms with Gasteiger partial charge >= 0.3 is 0 Å². The third kappa shape index (κ3) is 2.93. The summed E-state index contributed by atoms with van der Waals surface area (Å²) in [6.07, 6.45) is 5.76. The minimum Gasteiger partial charge on any atom is -0.353 e. The minimum atomic E-state index is -0.612. The fourth-order valence-corrected chi connectivity index (χ4v) is 5.03. The molecule has 0 bridgehead atoms. The van der Waals surface area contributed by atoms with E-state index in [1.165, 1.54) is 4.90 Å². The number of nitrogens with zero attached hydrogens (tertiary/aromatic N) is 2. The highest BCUT2D eigenvalue weighted by Crippen LogP contribution is 2.49. The van der Waals surface area contributed by atoms with Gasteiger partial charge in [0.1, 0.15) is 6.04 Å². The number of likely N-dealkylation sites (tertiary alicyclic amines) is 1. The van der Waals surface area contributed by atoms with Crippen molar-refractivity contribution in [2.45, 2.75) is 59.5 Å². The number of unbranched alkanes of at least 4 members (excludes halogenated alkanes) is 1. The molecule has 3 aliphatic heterocycles. The fraction of sp³-hybridized carbons (Fsp3) is 0.542. The Balaban J connectivity index is 1.83. The number of amides is 2. The van der Waals surface area contributed by atoms with Crippen LogP contribution in [0, 0.1) is 24.2 Å². The van der Waals surface area contributed by atoms with Crippen LogP contribution in [0.4, 0.5) is 5.69 Å². The zero-order chi connectivity index (χ0) is 21.1. The normalized spacial score (nSPS) is 27.9. The summed E-state index contributed by atoms with van der Waals surface area (Å²) in [6.45, 7) is 10.2. The molecule has 2 fully saturated rings. The Hall–Kier alpha value is -2.43. The Morgan fingerprint density at radius 1 is 1.10 bits per heavy atom. The van der Waals surface area contributed by atoms with Crippen molar-refractivity contribution in [3.05, 3.63) is 35.4 Å².